The van der Waals surface area contributed by atoms with E-state index in [9.17, 15) is 13.2 Å². The lowest BCUT2D eigenvalue weighted by atomic mass is 10.2. The molecule has 0 saturated heterocycles. The van der Waals surface area contributed by atoms with Gasteiger partial charge < -0.3 is 5.32 Å². The molecule has 140 valence electrons. The van der Waals surface area contributed by atoms with Crippen LogP contribution >= 0.6 is 34.8 Å². The summed E-state index contributed by atoms with van der Waals surface area (Å²) in [5.41, 5.74) is 0.914. The molecule has 0 saturated carbocycles. The number of anilines is 2. The number of sulfonamides is 1. The normalized spacial score (nSPS) is 11.2. The third kappa shape index (κ3) is 5.77. The van der Waals surface area contributed by atoms with Crippen LogP contribution in [0.2, 0.25) is 15.1 Å². The van der Waals surface area contributed by atoms with Gasteiger partial charge in [0.2, 0.25) is 15.9 Å². The molecule has 2 aromatic carbocycles. The highest BCUT2D eigenvalue weighted by Crippen LogP contribution is 2.29. The highest BCUT2D eigenvalue weighted by Gasteiger charge is 2.17. The van der Waals surface area contributed by atoms with Crippen molar-refractivity contribution in [3.05, 3.63) is 57.5 Å². The first kappa shape index (κ1) is 20.8. The number of benzene rings is 2. The molecule has 0 aliphatic carbocycles. The Morgan fingerprint density at radius 2 is 1.73 bits per heavy atom. The molecule has 0 aromatic heterocycles. The van der Waals surface area contributed by atoms with Crippen LogP contribution in [0.15, 0.2) is 42.5 Å². The molecule has 26 heavy (non-hydrogen) atoms. The van der Waals surface area contributed by atoms with E-state index in [0.717, 1.165) is 6.26 Å². The fourth-order valence-electron chi connectivity index (χ4n) is 2.29. The highest BCUT2D eigenvalue weighted by molar-refractivity contribution is 7.92. The van der Waals surface area contributed by atoms with Crippen LogP contribution in [0.5, 0.6) is 0 Å². The molecular formula is C17H17Cl3N2O3S. The number of nitrogens with zero attached hydrogens (tertiary/aromatic N) is 1. The predicted molar refractivity (Wildman–Crippen MR) is 108 cm³/mol. The fraction of sp³-hybridized carbons (Fsp3) is 0.235. The third-order valence-electron chi connectivity index (χ3n) is 3.51. The maximum absolute atomic E-state index is 12.1. The SMILES string of the molecule is CS(=O)(=O)N(CCCC(=O)Nc1cccc(Cl)c1Cl)c1ccc(Cl)cc1. The van der Waals surface area contributed by atoms with Gasteiger partial charge in [-0.25, -0.2) is 8.42 Å². The molecule has 2 aromatic rings. The van der Waals surface area contributed by atoms with E-state index in [1.807, 2.05) is 0 Å². The molecule has 0 aliphatic heterocycles. The van der Waals surface area contributed by atoms with Crippen LogP contribution in [0.4, 0.5) is 11.4 Å². The van der Waals surface area contributed by atoms with Crippen molar-refractivity contribution in [2.75, 3.05) is 22.4 Å². The lowest BCUT2D eigenvalue weighted by molar-refractivity contribution is -0.116. The van der Waals surface area contributed by atoms with E-state index >= 15 is 0 Å². The van der Waals surface area contributed by atoms with Gasteiger partial charge in [0.1, 0.15) is 0 Å². The first-order chi connectivity index (χ1) is 12.2. The lowest BCUT2D eigenvalue weighted by Gasteiger charge is -2.22. The van der Waals surface area contributed by atoms with E-state index in [1.165, 1.54) is 4.31 Å². The molecule has 9 heteroatoms. The van der Waals surface area contributed by atoms with E-state index < -0.39 is 10.0 Å². The summed E-state index contributed by atoms with van der Waals surface area (Å²) in [5, 5.41) is 3.79. The van der Waals surface area contributed by atoms with Gasteiger partial charge in [0.25, 0.3) is 0 Å². The van der Waals surface area contributed by atoms with E-state index in [0.29, 0.717) is 27.8 Å². The molecule has 0 heterocycles. The number of hydrogen-bond acceptors (Lipinski definition) is 3. The van der Waals surface area contributed by atoms with Gasteiger partial charge in [-0.15, -0.1) is 0 Å². The van der Waals surface area contributed by atoms with Crippen molar-refractivity contribution in [1.29, 1.82) is 0 Å². The summed E-state index contributed by atoms with van der Waals surface area (Å²) in [6.45, 7) is 0.164. The molecule has 5 nitrogen and oxygen atoms in total. The molecule has 0 radical (unpaired) electrons. The summed E-state index contributed by atoms with van der Waals surface area (Å²) in [7, 11) is -3.48. The Labute approximate surface area is 167 Å². The number of amides is 1. The van der Waals surface area contributed by atoms with Gasteiger partial charge in [-0.1, -0.05) is 40.9 Å². The fourth-order valence-corrected chi connectivity index (χ4v) is 3.73. The average Bonchev–Trinajstić information content (AvgIpc) is 2.56. The summed E-state index contributed by atoms with van der Waals surface area (Å²) < 4.78 is 25.3. The molecule has 1 amide bonds. The molecular weight excluding hydrogens is 419 g/mol. The van der Waals surface area contributed by atoms with Gasteiger partial charge >= 0.3 is 0 Å². The summed E-state index contributed by atoms with van der Waals surface area (Å²) >= 11 is 17.8. The first-order valence-corrected chi connectivity index (χ1v) is 10.6. The molecule has 0 unspecified atom stereocenters. The number of rotatable bonds is 7. The Balaban J connectivity index is 1.98. The van der Waals surface area contributed by atoms with Gasteiger partial charge in [0.05, 0.1) is 27.7 Å². The summed E-state index contributed by atoms with van der Waals surface area (Å²) in [6, 6.07) is 11.4. The van der Waals surface area contributed by atoms with Gasteiger partial charge in [-0.2, -0.15) is 0 Å². The van der Waals surface area contributed by atoms with Gasteiger partial charge in [0, 0.05) is 18.0 Å². The number of hydrogen-bond donors (Lipinski definition) is 1. The summed E-state index contributed by atoms with van der Waals surface area (Å²) in [5.74, 6) is -0.279. The van der Waals surface area contributed by atoms with Crippen molar-refractivity contribution in [1.82, 2.24) is 0 Å². The molecule has 0 bridgehead atoms. The van der Waals surface area contributed by atoms with Crippen molar-refractivity contribution >= 4 is 62.1 Å². The van der Waals surface area contributed by atoms with Crippen LogP contribution < -0.4 is 9.62 Å². The number of carbonyl (C=O) groups is 1. The van der Waals surface area contributed by atoms with Crippen molar-refractivity contribution < 1.29 is 13.2 Å². The van der Waals surface area contributed by atoms with E-state index in [1.54, 1.807) is 42.5 Å². The second kappa shape index (κ2) is 8.95. The van der Waals surface area contributed by atoms with Crippen molar-refractivity contribution in [3.8, 4) is 0 Å². The maximum atomic E-state index is 12.1. The zero-order valence-electron chi connectivity index (χ0n) is 13.9. The van der Waals surface area contributed by atoms with Gasteiger partial charge in [-0.3, -0.25) is 9.10 Å². The minimum atomic E-state index is -3.48. The minimum absolute atomic E-state index is 0.127. The molecule has 0 atom stereocenters. The number of carbonyl (C=O) groups excluding carboxylic acids is 1. The van der Waals surface area contributed by atoms with Crippen LogP contribution in [-0.4, -0.2) is 27.1 Å². The van der Waals surface area contributed by atoms with Crippen LogP contribution in [0, 0.1) is 0 Å². The van der Waals surface area contributed by atoms with Crippen molar-refractivity contribution in [3.63, 3.8) is 0 Å². The van der Waals surface area contributed by atoms with Crippen molar-refractivity contribution in [2.24, 2.45) is 0 Å². The average molecular weight is 436 g/mol. The van der Waals surface area contributed by atoms with Crippen molar-refractivity contribution in [2.45, 2.75) is 12.8 Å². The second-order valence-corrected chi connectivity index (χ2v) is 8.69. The van der Waals surface area contributed by atoms with E-state index in [-0.39, 0.29) is 23.9 Å². The second-order valence-electron chi connectivity index (χ2n) is 5.56. The maximum Gasteiger partial charge on any atom is 0.232 e. The van der Waals surface area contributed by atoms with Crippen LogP contribution in [0.25, 0.3) is 0 Å². The van der Waals surface area contributed by atoms with E-state index in [2.05, 4.69) is 5.32 Å². The smallest absolute Gasteiger partial charge is 0.232 e. The minimum Gasteiger partial charge on any atom is -0.325 e. The number of nitrogens with one attached hydrogen (secondary N) is 1. The number of halogens is 3. The Morgan fingerprint density at radius 1 is 1.08 bits per heavy atom. The summed E-state index contributed by atoms with van der Waals surface area (Å²) in [6.07, 6.45) is 1.58. The monoisotopic (exact) mass is 434 g/mol. The molecule has 0 fully saturated rings. The quantitative estimate of drug-likeness (QED) is 0.677. The zero-order valence-corrected chi connectivity index (χ0v) is 17.0. The Kier molecular flexibility index (Phi) is 7.17. The van der Waals surface area contributed by atoms with E-state index in [4.69, 9.17) is 34.8 Å². The van der Waals surface area contributed by atoms with Gasteiger partial charge in [0.15, 0.2) is 0 Å². The van der Waals surface area contributed by atoms with Crippen LogP contribution in [-0.2, 0) is 14.8 Å². The Hall–Kier alpha value is -1.47. The topological polar surface area (TPSA) is 66.5 Å². The molecule has 2 rings (SSSR count). The first-order valence-electron chi connectivity index (χ1n) is 7.65. The van der Waals surface area contributed by atoms with Crippen LogP contribution in [0.3, 0.4) is 0 Å². The van der Waals surface area contributed by atoms with Gasteiger partial charge in [-0.05, 0) is 42.8 Å². The standard InChI is InChI=1S/C17H17Cl3N2O3S/c1-26(24,25)22(13-9-7-12(18)8-10-13)11-3-6-16(23)21-15-5-2-4-14(19)17(15)20/h2,4-5,7-10H,3,6,11H2,1H3,(H,21,23). The third-order valence-corrected chi connectivity index (χ3v) is 5.77. The van der Waals surface area contributed by atoms with Crippen LogP contribution in [0.1, 0.15) is 12.8 Å². The zero-order chi connectivity index (χ0) is 19.3. The largest absolute Gasteiger partial charge is 0.325 e. The molecule has 1 N–H and O–H groups in total. The summed E-state index contributed by atoms with van der Waals surface area (Å²) in [4.78, 5) is 12.1. The lowest BCUT2D eigenvalue weighted by Crippen LogP contribution is -2.31. The Bertz CT molecular complexity index is 887. The molecule has 0 aliphatic rings. The molecule has 0 spiro atoms. The highest BCUT2D eigenvalue weighted by atomic mass is 35.5. The Morgan fingerprint density at radius 3 is 2.35 bits per heavy atom. The predicted octanol–water partition coefficient (Wildman–Crippen LogP) is 4.83.